The fraction of sp³-hybridized carbons (Fsp3) is 0.714. The molecule has 0 bridgehead atoms. The molecule has 0 aliphatic carbocycles. The predicted molar refractivity (Wildman–Crippen MR) is 87.2 cm³/mol. The van der Waals surface area contributed by atoms with E-state index in [9.17, 15) is 4.79 Å². The molecule has 0 spiro atoms. The molecule has 1 amide bonds. The van der Waals surface area contributed by atoms with Gasteiger partial charge >= 0.3 is 6.09 Å². The molecule has 0 unspecified atom stereocenters. The third kappa shape index (κ3) is 4.40. The van der Waals surface area contributed by atoms with E-state index < -0.39 is 5.60 Å². The Morgan fingerprint density at radius 2 is 2.05 bits per heavy atom. The smallest absolute Gasteiger partial charge is 0.415 e. The van der Waals surface area contributed by atoms with E-state index in [4.69, 9.17) is 9.47 Å². The summed E-state index contributed by atoms with van der Waals surface area (Å²) in [5, 5.41) is 0. The van der Waals surface area contributed by atoms with Crippen LogP contribution in [-0.2, 0) is 9.47 Å². The Labute approximate surface area is 137 Å². The highest BCUT2D eigenvalue weighted by molar-refractivity contribution is 9.11. The normalized spacial score (nSPS) is 16.8. The van der Waals surface area contributed by atoms with E-state index in [1.165, 1.54) is 4.90 Å². The minimum atomic E-state index is -0.516. The molecule has 1 aromatic heterocycles. The second-order valence-corrected chi connectivity index (χ2v) is 8.39. The van der Waals surface area contributed by atoms with Gasteiger partial charge in [-0.15, -0.1) is 11.3 Å². The van der Waals surface area contributed by atoms with Crippen LogP contribution >= 0.6 is 27.3 Å². The maximum Gasteiger partial charge on any atom is 0.415 e. The average Bonchev–Trinajstić information content (AvgIpc) is 2.79. The summed E-state index contributed by atoms with van der Waals surface area (Å²) < 4.78 is 11.6. The van der Waals surface area contributed by atoms with Crippen LogP contribution in [-0.4, -0.2) is 36.9 Å². The summed E-state index contributed by atoms with van der Waals surface area (Å²) >= 11 is 5.01. The number of aromatic nitrogens is 1. The lowest BCUT2D eigenvalue weighted by Crippen LogP contribution is -2.35. The van der Waals surface area contributed by atoms with Crippen molar-refractivity contribution < 1.29 is 14.3 Å². The number of carbonyl (C=O) groups excluding carboxylic acids is 1. The number of thiazole rings is 1. The third-order valence-corrected chi connectivity index (χ3v) is 4.84. The first kappa shape index (κ1) is 16.7. The number of halogens is 1. The fourth-order valence-electron chi connectivity index (χ4n) is 2.18. The van der Waals surface area contributed by atoms with Crippen LogP contribution in [0.15, 0.2) is 3.92 Å². The molecule has 1 aromatic rings. The molecule has 118 valence electrons. The van der Waals surface area contributed by atoms with E-state index in [2.05, 4.69) is 20.9 Å². The van der Waals surface area contributed by atoms with Gasteiger partial charge in [-0.05, 0) is 49.5 Å². The Kier molecular flexibility index (Phi) is 5.27. The summed E-state index contributed by atoms with van der Waals surface area (Å²) in [5.41, 5.74) is -0.516. The number of anilines is 1. The topological polar surface area (TPSA) is 51.7 Å². The second kappa shape index (κ2) is 6.62. The number of amides is 1. The first-order valence-corrected chi connectivity index (χ1v) is 8.59. The monoisotopic (exact) mass is 376 g/mol. The van der Waals surface area contributed by atoms with Crippen molar-refractivity contribution in [1.82, 2.24) is 4.98 Å². The zero-order valence-electron chi connectivity index (χ0n) is 12.8. The zero-order chi connectivity index (χ0) is 15.6. The molecule has 5 nitrogen and oxygen atoms in total. The van der Waals surface area contributed by atoms with Gasteiger partial charge in [0.25, 0.3) is 0 Å². The summed E-state index contributed by atoms with van der Waals surface area (Å²) in [6.45, 7) is 7.09. The summed E-state index contributed by atoms with van der Waals surface area (Å²) in [7, 11) is 1.71. The highest BCUT2D eigenvalue weighted by Gasteiger charge is 2.28. The molecule has 1 saturated heterocycles. The van der Waals surface area contributed by atoms with E-state index in [0.29, 0.717) is 11.7 Å². The highest BCUT2D eigenvalue weighted by atomic mass is 79.9. The quantitative estimate of drug-likeness (QED) is 0.776. The minimum Gasteiger partial charge on any atom is -0.443 e. The van der Waals surface area contributed by atoms with Gasteiger partial charge in [0, 0.05) is 26.2 Å². The van der Waals surface area contributed by atoms with E-state index >= 15 is 0 Å². The molecule has 7 heteroatoms. The van der Waals surface area contributed by atoms with Crippen molar-refractivity contribution >= 4 is 39.2 Å². The number of nitrogens with zero attached hydrogens (tertiary/aromatic N) is 2. The minimum absolute atomic E-state index is 0.381. The van der Waals surface area contributed by atoms with Crippen LogP contribution in [0.1, 0.15) is 44.4 Å². The van der Waals surface area contributed by atoms with Crippen LogP contribution in [0.25, 0.3) is 0 Å². The molecule has 2 rings (SSSR count). The van der Waals surface area contributed by atoms with Gasteiger partial charge in [-0.25, -0.2) is 9.78 Å². The van der Waals surface area contributed by atoms with Gasteiger partial charge in [-0.1, -0.05) is 0 Å². The molecule has 0 atom stereocenters. The molecule has 0 saturated carbocycles. The van der Waals surface area contributed by atoms with Crippen molar-refractivity contribution in [2.24, 2.45) is 0 Å². The molecule has 0 aromatic carbocycles. The highest BCUT2D eigenvalue weighted by Crippen LogP contribution is 2.40. The number of rotatable bonds is 2. The number of carbonyl (C=O) groups is 1. The summed E-state index contributed by atoms with van der Waals surface area (Å²) in [6.07, 6.45) is 1.54. The van der Waals surface area contributed by atoms with Crippen molar-refractivity contribution in [3.8, 4) is 0 Å². The lowest BCUT2D eigenvalue weighted by atomic mass is 9.98. The number of ether oxygens (including phenoxy) is 2. The molecule has 1 aliphatic heterocycles. The lowest BCUT2D eigenvalue weighted by Gasteiger charge is -2.26. The molecular formula is C14H21BrN2O3S. The van der Waals surface area contributed by atoms with Crippen molar-refractivity contribution in [2.45, 2.75) is 45.1 Å². The Balaban J connectivity index is 2.20. The second-order valence-electron chi connectivity index (χ2n) is 6.08. The molecular weight excluding hydrogens is 356 g/mol. The molecule has 1 fully saturated rings. The Hall–Kier alpha value is -0.660. The van der Waals surface area contributed by atoms with Crippen molar-refractivity contribution in [3.63, 3.8) is 0 Å². The van der Waals surface area contributed by atoms with Crippen LogP contribution in [0.2, 0.25) is 0 Å². The maximum absolute atomic E-state index is 12.2. The van der Waals surface area contributed by atoms with E-state index in [1.54, 1.807) is 18.4 Å². The number of hydrogen-bond donors (Lipinski definition) is 0. The SMILES string of the molecule is CN(C(=O)OC(C)(C)C)c1nc(Br)sc1C1CCOCC1. The van der Waals surface area contributed by atoms with E-state index in [-0.39, 0.29) is 6.09 Å². The molecule has 1 aliphatic rings. The van der Waals surface area contributed by atoms with Gasteiger partial charge in [0.1, 0.15) is 5.60 Å². The van der Waals surface area contributed by atoms with Gasteiger partial charge in [0.15, 0.2) is 9.73 Å². The standard InChI is InChI=1S/C14H21BrN2O3S/c1-14(2,3)20-13(18)17(4)11-10(21-12(15)16-11)9-5-7-19-8-6-9/h9H,5-8H2,1-4H3. The lowest BCUT2D eigenvalue weighted by molar-refractivity contribution is 0.0587. The molecule has 2 heterocycles. The van der Waals surface area contributed by atoms with Gasteiger partial charge < -0.3 is 9.47 Å². The van der Waals surface area contributed by atoms with Crippen molar-refractivity contribution in [2.75, 3.05) is 25.2 Å². The van der Waals surface area contributed by atoms with Gasteiger partial charge in [0.2, 0.25) is 0 Å². The van der Waals surface area contributed by atoms with Crippen molar-refractivity contribution in [3.05, 3.63) is 8.79 Å². The third-order valence-electron chi connectivity index (χ3n) is 3.19. The summed E-state index contributed by atoms with van der Waals surface area (Å²) in [5.74, 6) is 1.08. The fourth-order valence-corrected chi connectivity index (χ4v) is 3.86. The Morgan fingerprint density at radius 1 is 1.43 bits per heavy atom. The zero-order valence-corrected chi connectivity index (χ0v) is 15.2. The number of hydrogen-bond acceptors (Lipinski definition) is 5. The average molecular weight is 377 g/mol. The predicted octanol–water partition coefficient (Wildman–Crippen LogP) is 4.17. The van der Waals surface area contributed by atoms with Crippen LogP contribution in [0, 0.1) is 0 Å². The van der Waals surface area contributed by atoms with Gasteiger partial charge in [-0.3, -0.25) is 4.90 Å². The first-order chi connectivity index (χ1) is 9.78. The van der Waals surface area contributed by atoms with Crippen LogP contribution in [0.3, 0.4) is 0 Å². The molecule has 0 N–H and O–H groups in total. The largest absolute Gasteiger partial charge is 0.443 e. The summed E-state index contributed by atoms with van der Waals surface area (Å²) in [6, 6.07) is 0. The van der Waals surface area contributed by atoms with E-state index in [1.807, 2.05) is 20.8 Å². The van der Waals surface area contributed by atoms with Gasteiger partial charge in [-0.2, -0.15) is 0 Å². The molecule has 21 heavy (non-hydrogen) atoms. The summed E-state index contributed by atoms with van der Waals surface area (Å²) in [4.78, 5) is 19.3. The van der Waals surface area contributed by atoms with Crippen LogP contribution in [0.5, 0.6) is 0 Å². The van der Waals surface area contributed by atoms with Crippen LogP contribution in [0.4, 0.5) is 10.6 Å². The first-order valence-electron chi connectivity index (χ1n) is 6.98. The van der Waals surface area contributed by atoms with Gasteiger partial charge in [0.05, 0.1) is 4.88 Å². The Bertz CT molecular complexity index is 507. The maximum atomic E-state index is 12.2. The Morgan fingerprint density at radius 3 is 2.62 bits per heavy atom. The van der Waals surface area contributed by atoms with Crippen LogP contribution < -0.4 is 4.90 Å². The molecule has 0 radical (unpaired) electrons. The van der Waals surface area contributed by atoms with E-state index in [0.717, 1.165) is 34.8 Å². The van der Waals surface area contributed by atoms with Crippen molar-refractivity contribution in [1.29, 1.82) is 0 Å².